The second-order valence-electron chi connectivity index (χ2n) is 1.87. The number of tetrazole rings is 1. The Labute approximate surface area is 57.2 Å². The molecule has 10 heavy (non-hydrogen) atoms. The summed E-state index contributed by atoms with van der Waals surface area (Å²) in [5.41, 5.74) is 0.189. The van der Waals surface area contributed by atoms with E-state index in [-0.39, 0.29) is 12.2 Å². The normalized spacial score (nSPS) is 10.2. The summed E-state index contributed by atoms with van der Waals surface area (Å²) in [5.74, 6) is 0. The summed E-state index contributed by atoms with van der Waals surface area (Å²) in [6, 6.07) is 0. The van der Waals surface area contributed by atoms with E-state index in [0.717, 1.165) is 0 Å². The summed E-state index contributed by atoms with van der Waals surface area (Å²) in [5, 5.41) is 22.9. The first-order chi connectivity index (χ1) is 4.75. The van der Waals surface area contributed by atoms with E-state index in [1.165, 1.54) is 9.36 Å². The molecule has 0 radical (unpaired) electrons. The van der Waals surface area contributed by atoms with Crippen LogP contribution in [0.4, 0.5) is 0 Å². The van der Waals surface area contributed by atoms with Gasteiger partial charge < -0.3 is 5.11 Å². The third-order valence-electron chi connectivity index (χ3n) is 1.14. The fourth-order valence-corrected chi connectivity index (χ4v) is 0.605. The van der Waals surface area contributed by atoms with E-state index >= 15 is 0 Å². The minimum Gasteiger partial charge on any atom is -0.394 e. The molecule has 0 aliphatic rings. The molecule has 0 spiro atoms. The largest absolute Gasteiger partial charge is 0.394 e. The minimum atomic E-state index is -0.0186. The van der Waals surface area contributed by atoms with Crippen LogP contribution in [-0.2, 0) is 13.6 Å². The molecule has 1 aromatic rings. The highest BCUT2D eigenvalue weighted by Gasteiger charge is 1.96. The Morgan fingerprint density at radius 1 is 1.60 bits per heavy atom. The lowest BCUT2D eigenvalue weighted by atomic mass is 10.7. The summed E-state index contributed by atoms with van der Waals surface area (Å²) >= 11 is 0. The molecule has 0 aliphatic carbocycles. The number of aromatic nitrogens is 4. The van der Waals surface area contributed by atoms with Gasteiger partial charge in [0.1, 0.15) is 0 Å². The van der Waals surface area contributed by atoms with E-state index in [1.54, 1.807) is 7.05 Å². The Balaban J connectivity index is 2.95. The molecule has 1 aromatic heterocycles. The van der Waals surface area contributed by atoms with Crippen molar-refractivity contribution in [3.8, 4) is 0 Å². The number of nitrogens with zero attached hydrogens (tertiary/aromatic N) is 4. The van der Waals surface area contributed by atoms with Crippen molar-refractivity contribution in [1.29, 1.82) is 5.41 Å². The van der Waals surface area contributed by atoms with Crippen LogP contribution < -0.4 is 5.62 Å². The first-order valence-electron chi connectivity index (χ1n) is 2.88. The molecule has 0 atom stereocenters. The van der Waals surface area contributed by atoms with Crippen LogP contribution in [-0.4, -0.2) is 31.5 Å². The SMILES string of the molecule is Cn1nnn(CCO)c1=N. The second kappa shape index (κ2) is 2.61. The first-order valence-corrected chi connectivity index (χ1v) is 2.88. The zero-order valence-electron chi connectivity index (χ0n) is 5.65. The van der Waals surface area contributed by atoms with E-state index in [2.05, 4.69) is 10.4 Å². The molecule has 0 unspecified atom stereocenters. The molecule has 6 heteroatoms. The van der Waals surface area contributed by atoms with Crippen LogP contribution in [0.25, 0.3) is 0 Å². The molecule has 6 nitrogen and oxygen atoms in total. The lowest BCUT2D eigenvalue weighted by Crippen LogP contribution is -2.24. The molecule has 0 fully saturated rings. The van der Waals surface area contributed by atoms with Gasteiger partial charge in [0.05, 0.1) is 13.2 Å². The predicted molar refractivity (Wildman–Crippen MR) is 31.9 cm³/mol. The average molecular weight is 143 g/mol. The molecular weight excluding hydrogens is 134 g/mol. The number of aliphatic hydroxyl groups excluding tert-OH is 1. The number of hydrogen-bond acceptors (Lipinski definition) is 4. The fourth-order valence-electron chi connectivity index (χ4n) is 0.605. The molecule has 1 heterocycles. The van der Waals surface area contributed by atoms with Gasteiger partial charge in [-0.2, -0.15) is 0 Å². The van der Waals surface area contributed by atoms with Gasteiger partial charge in [-0.3, -0.25) is 5.41 Å². The third-order valence-corrected chi connectivity index (χ3v) is 1.14. The maximum atomic E-state index is 8.47. The zero-order valence-corrected chi connectivity index (χ0v) is 5.65. The minimum absolute atomic E-state index is 0.0186. The van der Waals surface area contributed by atoms with Gasteiger partial charge in [0, 0.05) is 7.05 Å². The maximum Gasteiger partial charge on any atom is 0.238 e. The summed E-state index contributed by atoms with van der Waals surface area (Å²) in [4.78, 5) is 0. The van der Waals surface area contributed by atoms with Crippen LogP contribution in [0.3, 0.4) is 0 Å². The van der Waals surface area contributed by atoms with Gasteiger partial charge >= 0.3 is 0 Å². The topological polar surface area (TPSA) is 79.7 Å². The Morgan fingerprint density at radius 3 is 2.70 bits per heavy atom. The first kappa shape index (κ1) is 6.94. The zero-order chi connectivity index (χ0) is 7.56. The molecule has 56 valence electrons. The van der Waals surface area contributed by atoms with Crippen molar-refractivity contribution in [3.05, 3.63) is 5.62 Å². The molecule has 0 saturated heterocycles. The molecule has 0 bridgehead atoms. The van der Waals surface area contributed by atoms with E-state index in [4.69, 9.17) is 10.5 Å². The molecular formula is C4H9N5O. The van der Waals surface area contributed by atoms with Crippen LogP contribution >= 0.6 is 0 Å². The fraction of sp³-hybridized carbons (Fsp3) is 0.750. The Kier molecular flexibility index (Phi) is 1.81. The van der Waals surface area contributed by atoms with Crippen molar-refractivity contribution in [2.24, 2.45) is 7.05 Å². The number of nitrogens with one attached hydrogen (secondary N) is 1. The molecule has 2 N–H and O–H groups in total. The van der Waals surface area contributed by atoms with E-state index in [0.29, 0.717) is 6.54 Å². The predicted octanol–water partition coefficient (Wildman–Crippen LogP) is -1.91. The van der Waals surface area contributed by atoms with Gasteiger partial charge in [0.15, 0.2) is 0 Å². The highest BCUT2D eigenvalue weighted by molar-refractivity contribution is 4.47. The van der Waals surface area contributed by atoms with Crippen LogP contribution in [0.1, 0.15) is 0 Å². The van der Waals surface area contributed by atoms with Gasteiger partial charge in [-0.25, -0.2) is 9.36 Å². The summed E-state index contributed by atoms with van der Waals surface area (Å²) in [7, 11) is 1.63. The third kappa shape index (κ3) is 1.06. The molecule has 0 aromatic carbocycles. The number of aliphatic hydroxyl groups is 1. The van der Waals surface area contributed by atoms with Gasteiger partial charge in [0.25, 0.3) is 0 Å². The van der Waals surface area contributed by atoms with E-state index < -0.39 is 0 Å². The van der Waals surface area contributed by atoms with Crippen molar-refractivity contribution >= 4 is 0 Å². The average Bonchev–Trinajstić information content (AvgIpc) is 2.20. The highest BCUT2D eigenvalue weighted by atomic mass is 16.3. The quantitative estimate of drug-likeness (QED) is 0.507. The standard InChI is InChI=1S/C4H9N5O/c1-8-4(5)9(2-3-10)7-6-8/h5,10H,2-3H2,1H3. The van der Waals surface area contributed by atoms with Gasteiger partial charge in [-0.05, 0) is 10.4 Å². The lowest BCUT2D eigenvalue weighted by Gasteiger charge is -1.91. The van der Waals surface area contributed by atoms with Crippen molar-refractivity contribution in [2.45, 2.75) is 6.54 Å². The summed E-state index contributed by atoms with van der Waals surface area (Å²) in [6.07, 6.45) is 0. The lowest BCUT2D eigenvalue weighted by molar-refractivity contribution is 0.264. The molecule has 0 saturated carbocycles. The van der Waals surface area contributed by atoms with Crippen molar-refractivity contribution in [1.82, 2.24) is 19.8 Å². The summed E-state index contributed by atoms with van der Waals surface area (Å²) < 4.78 is 2.65. The van der Waals surface area contributed by atoms with Crippen molar-refractivity contribution in [3.63, 3.8) is 0 Å². The second-order valence-corrected chi connectivity index (χ2v) is 1.87. The molecule has 0 amide bonds. The van der Waals surface area contributed by atoms with Gasteiger partial charge in [-0.1, -0.05) is 0 Å². The van der Waals surface area contributed by atoms with Gasteiger partial charge in [-0.15, -0.1) is 0 Å². The van der Waals surface area contributed by atoms with Crippen LogP contribution in [0, 0.1) is 5.41 Å². The number of hydrogen-bond donors (Lipinski definition) is 2. The van der Waals surface area contributed by atoms with Crippen LogP contribution in [0.5, 0.6) is 0 Å². The van der Waals surface area contributed by atoms with Gasteiger partial charge in [0.2, 0.25) is 5.62 Å². The number of aryl methyl sites for hydroxylation is 1. The monoisotopic (exact) mass is 143 g/mol. The number of rotatable bonds is 2. The Bertz CT molecular complexity index is 261. The van der Waals surface area contributed by atoms with E-state index in [9.17, 15) is 0 Å². The van der Waals surface area contributed by atoms with Crippen molar-refractivity contribution in [2.75, 3.05) is 6.61 Å². The molecule has 0 aliphatic heterocycles. The smallest absolute Gasteiger partial charge is 0.238 e. The van der Waals surface area contributed by atoms with Crippen LogP contribution in [0.2, 0.25) is 0 Å². The highest BCUT2D eigenvalue weighted by Crippen LogP contribution is 1.68. The maximum absolute atomic E-state index is 8.47. The van der Waals surface area contributed by atoms with E-state index in [1.807, 2.05) is 0 Å². The summed E-state index contributed by atoms with van der Waals surface area (Å²) in [6.45, 7) is 0.307. The van der Waals surface area contributed by atoms with Crippen LogP contribution in [0.15, 0.2) is 0 Å². The Morgan fingerprint density at radius 2 is 2.30 bits per heavy atom. The van der Waals surface area contributed by atoms with Crippen molar-refractivity contribution < 1.29 is 5.11 Å². The molecule has 1 rings (SSSR count). The Hall–Kier alpha value is -1.17.